The number of ether oxygens (including phenoxy) is 2. The second-order valence-electron chi connectivity index (χ2n) is 6.88. The fraction of sp³-hybridized carbons (Fsp3) is 0.412. The van der Waals surface area contributed by atoms with Crippen molar-refractivity contribution in [3.63, 3.8) is 0 Å². The second kappa shape index (κ2) is 4.66. The normalized spacial score (nSPS) is 35.4. The summed E-state index contributed by atoms with van der Waals surface area (Å²) in [6.45, 7) is 3.52. The summed E-state index contributed by atoms with van der Waals surface area (Å²) in [5.41, 5.74) is -2.14. The number of nitrogens with zero attached hydrogens (tertiary/aromatic N) is 2. The molecule has 8 heteroatoms. The van der Waals surface area contributed by atoms with Crippen molar-refractivity contribution in [2.75, 3.05) is 12.0 Å². The molecule has 3 aliphatic rings. The fourth-order valence-corrected chi connectivity index (χ4v) is 4.23. The van der Waals surface area contributed by atoms with Crippen LogP contribution >= 0.6 is 0 Å². The fourth-order valence-electron chi connectivity index (χ4n) is 4.23. The lowest BCUT2D eigenvalue weighted by molar-refractivity contribution is -0.384. The smallest absolute Gasteiger partial charge is 0.297 e. The average Bonchev–Trinajstić information content (AvgIpc) is 3.11. The van der Waals surface area contributed by atoms with E-state index < -0.39 is 39.8 Å². The van der Waals surface area contributed by atoms with Gasteiger partial charge in [-0.15, -0.1) is 0 Å². The van der Waals surface area contributed by atoms with E-state index in [1.807, 2.05) is 0 Å². The molecule has 3 heterocycles. The first-order chi connectivity index (χ1) is 11.7. The van der Waals surface area contributed by atoms with Crippen molar-refractivity contribution >= 4 is 23.2 Å². The number of methoxy groups -OCH3 is 1. The number of hydrogen-bond acceptors (Lipinski definition) is 6. The Kier molecular flexibility index (Phi) is 2.94. The molecule has 0 N–H and O–H groups in total. The third-order valence-corrected chi connectivity index (χ3v) is 5.35. The van der Waals surface area contributed by atoms with Crippen LogP contribution in [0.5, 0.6) is 5.75 Å². The Morgan fingerprint density at radius 3 is 2.20 bits per heavy atom. The third-order valence-electron chi connectivity index (χ3n) is 5.35. The molecule has 2 fully saturated rings. The number of carbonyl (C=O) groups is 2. The number of hydrogen-bond donors (Lipinski definition) is 0. The zero-order valence-corrected chi connectivity index (χ0v) is 13.9. The number of nitro benzene ring substituents is 1. The molecule has 8 nitrogen and oxygen atoms in total. The molecule has 2 bridgehead atoms. The lowest BCUT2D eigenvalue weighted by atomic mass is 9.73. The van der Waals surface area contributed by atoms with Gasteiger partial charge >= 0.3 is 0 Å². The Labute approximate surface area is 143 Å². The molecule has 2 amide bonds. The van der Waals surface area contributed by atoms with Gasteiger partial charge in [-0.3, -0.25) is 19.7 Å². The molecule has 0 aliphatic carbocycles. The van der Waals surface area contributed by atoms with E-state index in [1.54, 1.807) is 26.0 Å². The zero-order chi connectivity index (χ0) is 18.1. The van der Waals surface area contributed by atoms with E-state index >= 15 is 0 Å². The van der Waals surface area contributed by atoms with Crippen molar-refractivity contribution in [2.24, 2.45) is 11.8 Å². The number of nitro groups is 1. The molecule has 3 aliphatic heterocycles. The van der Waals surface area contributed by atoms with Gasteiger partial charge in [-0.1, -0.05) is 12.2 Å². The van der Waals surface area contributed by atoms with Crippen LogP contribution in [-0.2, 0) is 14.3 Å². The minimum atomic E-state index is -0.873. The van der Waals surface area contributed by atoms with E-state index in [2.05, 4.69) is 0 Å². The minimum absolute atomic E-state index is 0.0400. The highest BCUT2D eigenvalue weighted by molar-refractivity contribution is 6.24. The number of amides is 2. The molecule has 0 saturated carbocycles. The highest BCUT2D eigenvalue weighted by atomic mass is 16.6. The Morgan fingerprint density at radius 2 is 1.72 bits per heavy atom. The van der Waals surface area contributed by atoms with Gasteiger partial charge in [-0.05, 0) is 26.0 Å². The number of carbonyl (C=O) groups excluding carboxylic acids is 2. The largest absolute Gasteiger partial charge is 0.496 e. The number of benzene rings is 1. The van der Waals surface area contributed by atoms with Crippen LogP contribution in [0.15, 0.2) is 30.4 Å². The molecule has 25 heavy (non-hydrogen) atoms. The van der Waals surface area contributed by atoms with Gasteiger partial charge in [-0.2, -0.15) is 0 Å². The second-order valence-corrected chi connectivity index (χ2v) is 6.88. The highest BCUT2D eigenvalue weighted by Crippen LogP contribution is 2.58. The Balaban J connectivity index is 1.83. The van der Waals surface area contributed by atoms with Gasteiger partial charge in [0.05, 0.1) is 41.1 Å². The summed E-state index contributed by atoms with van der Waals surface area (Å²) >= 11 is 0. The molecule has 4 rings (SSSR count). The van der Waals surface area contributed by atoms with E-state index in [1.165, 1.54) is 25.3 Å². The summed E-state index contributed by atoms with van der Waals surface area (Å²) in [6.07, 6.45) is 3.59. The molecule has 0 radical (unpaired) electrons. The first kappa shape index (κ1) is 15.8. The summed E-state index contributed by atoms with van der Waals surface area (Å²) < 4.78 is 10.9. The summed E-state index contributed by atoms with van der Waals surface area (Å²) in [5.74, 6) is -2.04. The maximum atomic E-state index is 13.0. The van der Waals surface area contributed by atoms with Crippen LogP contribution in [0.4, 0.5) is 11.4 Å². The Bertz CT molecular complexity index is 829. The molecule has 1 aromatic carbocycles. The molecular weight excluding hydrogens is 328 g/mol. The van der Waals surface area contributed by atoms with Crippen molar-refractivity contribution in [1.82, 2.24) is 0 Å². The molecule has 0 aromatic heterocycles. The molecule has 4 atom stereocenters. The number of rotatable bonds is 3. The third kappa shape index (κ3) is 1.85. The minimum Gasteiger partial charge on any atom is -0.496 e. The van der Waals surface area contributed by atoms with E-state index in [4.69, 9.17) is 9.47 Å². The average molecular weight is 344 g/mol. The van der Waals surface area contributed by atoms with Crippen LogP contribution in [0.25, 0.3) is 0 Å². The van der Waals surface area contributed by atoms with Gasteiger partial charge in [-0.25, -0.2) is 4.90 Å². The van der Waals surface area contributed by atoms with Crippen LogP contribution < -0.4 is 9.64 Å². The topological polar surface area (TPSA) is 99.0 Å². The number of fused-ring (bicyclic) bond motifs is 5. The maximum Gasteiger partial charge on any atom is 0.297 e. The quantitative estimate of drug-likeness (QED) is 0.359. The number of anilines is 1. The summed E-state index contributed by atoms with van der Waals surface area (Å²) in [4.78, 5) is 37.7. The van der Waals surface area contributed by atoms with Crippen LogP contribution in [0, 0.1) is 22.0 Å². The highest BCUT2D eigenvalue weighted by Gasteiger charge is 2.70. The standard InChI is InChI=1S/C17H16N2O6/c1-16-6-7-17(2,25-16)13-12(16)14(20)18(15(13)21)10-5-4-9(24-3)8-11(10)19(22)23/h4-8,12-13H,1-3H3/t12-,13-,16+,17+/m0/s1. The first-order valence-corrected chi connectivity index (χ1v) is 7.83. The van der Waals surface area contributed by atoms with Gasteiger partial charge in [0.2, 0.25) is 11.8 Å². The maximum absolute atomic E-state index is 13.0. The van der Waals surface area contributed by atoms with E-state index in [0.29, 0.717) is 0 Å². The van der Waals surface area contributed by atoms with Crippen LogP contribution in [0.1, 0.15) is 13.8 Å². The van der Waals surface area contributed by atoms with Gasteiger partial charge in [0.25, 0.3) is 5.69 Å². The molecule has 130 valence electrons. The van der Waals surface area contributed by atoms with Crippen molar-refractivity contribution in [2.45, 2.75) is 25.0 Å². The number of imide groups is 1. The van der Waals surface area contributed by atoms with E-state index in [0.717, 1.165) is 4.90 Å². The summed E-state index contributed by atoms with van der Waals surface area (Å²) in [5, 5.41) is 11.4. The van der Waals surface area contributed by atoms with E-state index in [-0.39, 0.29) is 17.1 Å². The van der Waals surface area contributed by atoms with Gasteiger partial charge in [0, 0.05) is 0 Å². The summed E-state index contributed by atoms with van der Waals surface area (Å²) in [6, 6.07) is 4.06. The Morgan fingerprint density at radius 1 is 1.16 bits per heavy atom. The van der Waals surface area contributed by atoms with Crippen LogP contribution in [0.3, 0.4) is 0 Å². The van der Waals surface area contributed by atoms with Crippen molar-refractivity contribution < 1.29 is 24.0 Å². The molecule has 0 spiro atoms. The Hall–Kier alpha value is -2.74. The van der Waals surface area contributed by atoms with Crippen molar-refractivity contribution in [3.8, 4) is 5.75 Å². The van der Waals surface area contributed by atoms with E-state index in [9.17, 15) is 19.7 Å². The predicted octanol–water partition coefficient (Wildman–Crippen LogP) is 1.83. The molecule has 2 saturated heterocycles. The predicted molar refractivity (Wildman–Crippen MR) is 86.2 cm³/mol. The van der Waals surface area contributed by atoms with Crippen molar-refractivity contribution in [1.29, 1.82) is 0 Å². The lowest BCUT2D eigenvalue weighted by Gasteiger charge is -2.25. The van der Waals surface area contributed by atoms with Gasteiger partial charge in [0.15, 0.2) is 0 Å². The lowest BCUT2D eigenvalue weighted by Crippen LogP contribution is -2.39. The SMILES string of the molecule is COc1ccc(N2C(=O)[C@@H]3[C@@H](C2=O)[C@@]2(C)C=C[C@@]3(C)O2)c([N+](=O)[O-])c1. The summed E-state index contributed by atoms with van der Waals surface area (Å²) in [7, 11) is 1.39. The molecule has 0 unspecified atom stereocenters. The monoisotopic (exact) mass is 344 g/mol. The first-order valence-electron chi connectivity index (χ1n) is 7.83. The molecule has 1 aromatic rings. The van der Waals surface area contributed by atoms with Gasteiger partial charge < -0.3 is 9.47 Å². The zero-order valence-electron chi connectivity index (χ0n) is 13.9. The van der Waals surface area contributed by atoms with Crippen molar-refractivity contribution in [3.05, 3.63) is 40.5 Å². The van der Waals surface area contributed by atoms with Gasteiger partial charge in [0.1, 0.15) is 11.4 Å². The van der Waals surface area contributed by atoms with Crippen LogP contribution in [0.2, 0.25) is 0 Å². The molecular formula is C17H16N2O6. The van der Waals surface area contributed by atoms with Crippen LogP contribution in [-0.4, -0.2) is 35.0 Å².